The molecule has 0 fully saturated rings. The van der Waals surface area contributed by atoms with Crippen LogP contribution in [0.4, 0.5) is 17.6 Å². The minimum absolute atomic E-state index is 0.0373. The fourth-order valence-electron chi connectivity index (χ4n) is 2.43. The summed E-state index contributed by atoms with van der Waals surface area (Å²) >= 11 is 0. The second-order valence-electron chi connectivity index (χ2n) is 5.84. The number of carbonyl (C=O) groups is 1. The number of carbonyl (C=O) groups excluding carboxylic acids is 1. The molecule has 2 aromatic heterocycles. The molecular formula is C17H21F4N3O2. The molecule has 0 saturated carbocycles. The van der Waals surface area contributed by atoms with Crippen LogP contribution in [0.3, 0.4) is 0 Å². The molecule has 2 rings (SSSR count). The molecule has 0 unspecified atom stereocenters. The van der Waals surface area contributed by atoms with Crippen LogP contribution in [0.1, 0.15) is 73.2 Å². The monoisotopic (exact) mass is 375 g/mol. The van der Waals surface area contributed by atoms with Crippen molar-refractivity contribution in [2.45, 2.75) is 52.0 Å². The third-order valence-electron chi connectivity index (χ3n) is 3.78. The van der Waals surface area contributed by atoms with Gasteiger partial charge in [0.25, 0.3) is 18.8 Å². The number of aromatic nitrogens is 2. The van der Waals surface area contributed by atoms with Crippen LogP contribution < -0.4 is 5.32 Å². The zero-order chi connectivity index (χ0) is 19.1. The fourth-order valence-corrected chi connectivity index (χ4v) is 2.43. The lowest BCUT2D eigenvalue weighted by Gasteiger charge is -2.05. The molecule has 0 aliphatic rings. The van der Waals surface area contributed by atoms with Gasteiger partial charge in [-0.3, -0.25) is 9.48 Å². The maximum absolute atomic E-state index is 13.0. The number of hydrogen-bond acceptors (Lipinski definition) is 3. The molecule has 2 aromatic rings. The van der Waals surface area contributed by atoms with E-state index in [0.29, 0.717) is 12.6 Å². The largest absolute Gasteiger partial charge is 0.454 e. The quantitative estimate of drug-likeness (QED) is 0.483. The van der Waals surface area contributed by atoms with Crippen molar-refractivity contribution in [3.8, 4) is 0 Å². The summed E-state index contributed by atoms with van der Waals surface area (Å²) in [6.45, 7) is 2.34. The van der Waals surface area contributed by atoms with Crippen LogP contribution >= 0.6 is 0 Å². The zero-order valence-corrected chi connectivity index (χ0v) is 14.4. The Labute approximate surface area is 148 Å². The maximum Gasteiger partial charge on any atom is 0.286 e. The average molecular weight is 375 g/mol. The Hall–Kier alpha value is -2.32. The van der Waals surface area contributed by atoms with Crippen molar-refractivity contribution in [3.05, 3.63) is 41.1 Å². The molecular weight excluding hydrogens is 354 g/mol. The van der Waals surface area contributed by atoms with Crippen molar-refractivity contribution in [1.82, 2.24) is 15.1 Å². The normalized spacial score (nSPS) is 11.5. The number of alkyl halides is 4. The molecule has 0 bridgehead atoms. The summed E-state index contributed by atoms with van der Waals surface area (Å²) in [5, 5.41) is 6.19. The molecule has 5 nitrogen and oxygen atoms in total. The van der Waals surface area contributed by atoms with Crippen molar-refractivity contribution >= 4 is 5.91 Å². The van der Waals surface area contributed by atoms with Crippen LogP contribution in [0, 0.1) is 0 Å². The smallest absolute Gasteiger partial charge is 0.286 e. The van der Waals surface area contributed by atoms with E-state index in [1.54, 1.807) is 0 Å². The molecule has 0 aliphatic carbocycles. The lowest BCUT2D eigenvalue weighted by Crippen LogP contribution is -2.23. The van der Waals surface area contributed by atoms with Gasteiger partial charge in [0, 0.05) is 6.54 Å². The summed E-state index contributed by atoms with van der Waals surface area (Å²) in [6, 6.07) is 3.52. The average Bonchev–Trinajstić information content (AvgIpc) is 3.22. The minimum Gasteiger partial charge on any atom is -0.454 e. The van der Waals surface area contributed by atoms with Gasteiger partial charge in [0.15, 0.2) is 5.76 Å². The van der Waals surface area contributed by atoms with E-state index >= 15 is 0 Å². The summed E-state index contributed by atoms with van der Waals surface area (Å²) < 4.78 is 57.4. The van der Waals surface area contributed by atoms with Gasteiger partial charge in [0.05, 0.1) is 6.54 Å². The Balaban J connectivity index is 1.98. The van der Waals surface area contributed by atoms with Crippen LogP contribution in [0.2, 0.25) is 0 Å². The second kappa shape index (κ2) is 9.40. The van der Waals surface area contributed by atoms with Crippen molar-refractivity contribution in [1.29, 1.82) is 0 Å². The number of nitrogens with one attached hydrogen (secondary N) is 1. The minimum atomic E-state index is -2.95. The summed E-state index contributed by atoms with van der Waals surface area (Å²) in [7, 11) is 0. The second-order valence-corrected chi connectivity index (χ2v) is 5.84. The van der Waals surface area contributed by atoms with Gasteiger partial charge in [-0.05, 0) is 24.6 Å². The van der Waals surface area contributed by atoms with E-state index in [9.17, 15) is 22.4 Å². The van der Waals surface area contributed by atoms with Gasteiger partial charge in [0.2, 0.25) is 0 Å². The summed E-state index contributed by atoms with van der Waals surface area (Å²) in [4.78, 5) is 12.0. The van der Waals surface area contributed by atoms with Gasteiger partial charge in [-0.1, -0.05) is 26.2 Å². The molecule has 1 amide bonds. The van der Waals surface area contributed by atoms with Gasteiger partial charge >= 0.3 is 0 Å². The molecule has 1 N–H and O–H groups in total. The predicted octanol–water partition coefficient (Wildman–Crippen LogP) is 4.71. The van der Waals surface area contributed by atoms with E-state index in [1.165, 1.54) is 12.1 Å². The van der Waals surface area contributed by atoms with Crippen molar-refractivity contribution < 1.29 is 26.8 Å². The van der Waals surface area contributed by atoms with Gasteiger partial charge in [-0.15, -0.1) is 0 Å². The van der Waals surface area contributed by atoms with Crippen LogP contribution in [-0.2, 0) is 6.54 Å². The highest BCUT2D eigenvalue weighted by atomic mass is 19.3. The molecule has 9 heteroatoms. The van der Waals surface area contributed by atoms with Gasteiger partial charge in [0.1, 0.15) is 17.1 Å². The lowest BCUT2D eigenvalue weighted by atomic mass is 10.2. The van der Waals surface area contributed by atoms with Crippen molar-refractivity contribution in [3.63, 3.8) is 0 Å². The predicted molar refractivity (Wildman–Crippen MR) is 86.4 cm³/mol. The Bertz CT molecular complexity index is 713. The number of unbranched alkanes of at least 4 members (excludes halogenated alkanes) is 3. The number of furan rings is 1. The maximum atomic E-state index is 13.0. The first-order valence-electron chi connectivity index (χ1n) is 8.43. The molecule has 0 atom stereocenters. The first-order chi connectivity index (χ1) is 12.4. The van der Waals surface area contributed by atoms with E-state index in [2.05, 4.69) is 17.3 Å². The van der Waals surface area contributed by atoms with Gasteiger partial charge in [-0.2, -0.15) is 5.10 Å². The molecule has 26 heavy (non-hydrogen) atoms. The lowest BCUT2D eigenvalue weighted by molar-refractivity contribution is 0.0922. The molecule has 0 aliphatic heterocycles. The van der Waals surface area contributed by atoms with E-state index in [1.807, 2.05) is 0 Å². The topological polar surface area (TPSA) is 60.1 Å². The molecule has 0 aromatic carbocycles. The molecule has 0 radical (unpaired) electrons. The number of hydrogen-bond donors (Lipinski definition) is 1. The number of rotatable bonds is 10. The van der Waals surface area contributed by atoms with Crippen LogP contribution in [0.15, 0.2) is 22.6 Å². The SMILES string of the molecule is CCCCCCNC(=O)c1ccc(Cn2nc(C(F)F)cc2C(F)F)o1. The number of halogens is 4. The highest BCUT2D eigenvalue weighted by molar-refractivity contribution is 5.91. The van der Waals surface area contributed by atoms with E-state index < -0.39 is 30.1 Å². The highest BCUT2D eigenvalue weighted by Crippen LogP contribution is 2.25. The summed E-state index contributed by atoms with van der Waals surface area (Å²) in [5.74, 6) is -0.196. The first-order valence-corrected chi connectivity index (χ1v) is 8.43. The van der Waals surface area contributed by atoms with Crippen LogP contribution in [0.5, 0.6) is 0 Å². The van der Waals surface area contributed by atoms with Crippen LogP contribution in [0.25, 0.3) is 0 Å². The Kier molecular flexibility index (Phi) is 7.23. The summed E-state index contributed by atoms with van der Waals surface area (Å²) in [5.41, 5.74) is -1.35. The number of amides is 1. The van der Waals surface area contributed by atoms with Gasteiger partial charge in [-0.25, -0.2) is 17.6 Å². The molecule has 144 valence electrons. The van der Waals surface area contributed by atoms with E-state index in [0.717, 1.165) is 30.4 Å². The van der Waals surface area contributed by atoms with E-state index in [-0.39, 0.29) is 18.1 Å². The third-order valence-corrected chi connectivity index (χ3v) is 3.78. The summed E-state index contributed by atoms with van der Waals surface area (Å²) in [6.07, 6.45) is -1.83. The third kappa shape index (κ3) is 5.34. The Morgan fingerprint density at radius 2 is 1.96 bits per heavy atom. The molecule has 0 spiro atoms. The van der Waals surface area contributed by atoms with Crippen molar-refractivity contribution in [2.24, 2.45) is 0 Å². The number of nitrogens with zero attached hydrogens (tertiary/aromatic N) is 2. The highest BCUT2D eigenvalue weighted by Gasteiger charge is 2.22. The zero-order valence-electron chi connectivity index (χ0n) is 14.4. The molecule has 2 heterocycles. The Morgan fingerprint density at radius 3 is 2.62 bits per heavy atom. The fraction of sp³-hybridized carbons (Fsp3) is 0.529. The Morgan fingerprint density at radius 1 is 1.19 bits per heavy atom. The standard InChI is InChI=1S/C17H21F4N3O2/c1-2-3-4-5-8-22-17(25)14-7-6-11(26-14)10-24-13(16(20)21)9-12(23-24)15(18)19/h6-7,9,15-16H,2-5,8,10H2,1H3,(H,22,25). The molecule has 0 saturated heterocycles. The van der Waals surface area contributed by atoms with E-state index in [4.69, 9.17) is 4.42 Å². The van der Waals surface area contributed by atoms with Crippen molar-refractivity contribution in [2.75, 3.05) is 6.54 Å². The van der Waals surface area contributed by atoms with Gasteiger partial charge < -0.3 is 9.73 Å². The first kappa shape index (κ1) is 20.0. The van der Waals surface area contributed by atoms with Crippen LogP contribution in [-0.4, -0.2) is 22.2 Å².